The Morgan fingerprint density at radius 1 is 1.13 bits per heavy atom. The molecule has 3 aromatic heterocycles. The minimum Gasteiger partial charge on any atom is -0.346 e. The molecule has 0 fully saturated rings. The van der Waals surface area contributed by atoms with E-state index in [9.17, 15) is 0 Å². The topological polar surface area (TPSA) is 33.1 Å². The van der Waals surface area contributed by atoms with E-state index in [0.29, 0.717) is 0 Å². The van der Waals surface area contributed by atoms with Gasteiger partial charge in [-0.2, -0.15) is 11.3 Å². The molecule has 0 saturated carbocycles. The maximum atomic E-state index is 4.72. The SMILES string of the molecule is Cc1ccc(C(Cc2ccsc2)NCc2cn(CCN(C)C)c3ccccc23)nc1. The molecule has 1 unspecified atom stereocenters. The van der Waals surface area contributed by atoms with Gasteiger partial charge in [-0.3, -0.25) is 4.98 Å². The average Bonchev–Trinajstić information content (AvgIpc) is 3.38. The molecule has 0 aliphatic carbocycles. The lowest BCUT2D eigenvalue weighted by Gasteiger charge is -2.18. The number of aryl methyl sites for hydroxylation is 1. The fourth-order valence-corrected chi connectivity index (χ4v) is 4.48. The van der Waals surface area contributed by atoms with Gasteiger partial charge >= 0.3 is 0 Å². The number of nitrogens with one attached hydrogen (secondary N) is 1. The first kappa shape index (κ1) is 20.8. The van der Waals surface area contributed by atoms with E-state index in [-0.39, 0.29) is 6.04 Å². The molecule has 5 heteroatoms. The smallest absolute Gasteiger partial charge is 0.0576 e. The molecule has 4 aromatic rings. The summed E-state index contributed by atoms with van der Waals surface area (Å²) in [6.07, 6.45) is 5.22. The molecule has 0 spiro atoms. The van der Waals surface area contributed by atoms with Crippen LogP contribution in [0.25, 0.3) is 10.9 Å². The van der Waals surface area contributed by atoms with Crippen molar-refractivity contribution < 1.29 is 0 Å². The highest BCUT2D eigenvalue weighted by Gasteiger charge is 2.16. The van der Waals surface area contributed by atoms with Crippen LogP contribution in [0.2, 0.25) is 0 Å². The van der Waals surface area contributed by atoms with Crippen molar-refractivity contribution in [2.24, 2.45) is 0 Å². The molecule has 156 valence electrons. The summed E-state index contributed by atoms with van der Waals surface area (Å²) in [6, 6.07) is 15.4. The van der Waals surface area contributed by atoms with E-state index in [1.165, 1.54) is 27.6 Å². The maximum Gasteiger partial charge on any atom is 0.0576 e. The third-order valence-electron chi connectivity index (χ3n) is 5.51. The molecule has 0 amide bonds. The minimum absolute atomic E-state index is 0.184. The fourth-order valence-electron chi connectivity index (χ4n) is 3.80. The van der Waals surface area contributed by atoms with Crippen molar-refractivity contribution in [1.82, 2.24) is 19.8 Å². The molecule has 0 aliphatic rings. The second-order valence-electron chi connectivity index (χ2n) is 8.20. The number of pyridine rings is 1. The third-order valence-corrected chi connectivity index (χ3v) is 6.24. The quantitative estimate of drug-likeness (QED) is 0.413. The monoisotopic (exact) mass is 418 g/mol. The minimum atomic E-state index is 0.184. The molecule has 0 saturated heterocycles. The zero-order valence-corrected chi connectivity index (χ0v) is 18.8. The van der Waals surface area contributed by atoms with Gasteiger partial charge in [-0.1, -0.05) is 24.3 Å². The van der Waals surface area contributed by atoms with Crippen molar-refractivity contribution in [3.63, 3.8) is 0 Å². The zero-order valence-electron chi connectivity index (χ0n) is 18.0. The van der Waals surface area contributed by atoms with Gasteiger partial charge in [0, 0.05) is 42.9 Å². The van der Waals surface area contributed by atoms with Crippen LogP contribution in [-0.2, 0) is 19.5 Å². The van der Waals surface area contributed by atoms with Crippen molar-refractivity contribution in [2.45, 2.75) is 32.5 Å². The summed E-state index contributed by atoms with van der Waals surface area (Å²) in [5, 5.41) is 9.51. The van der Waals surface area contributed by atoms with Crippen molar-refractivity contribution in [3.05, 3.63) is 88.0 Å². The number of para-hydroxylation sites is 1. The molecule has 4 rings (SSSR count). The Labute approximate surface area is 183 Å². The maximum absolute atomic E-state index is 4.72. The summed E-state index contributed by atoms with van der Waals surface area (Å²) in [6.45, 7) is 4.92. The summed E-state index contributed by atoms with van der Waals surface area (Å²) >= 11 is 1.75. The standard InChI is InChI=1S/C25H30N4S/c1-19-8-9-23(26-15-19)24(14-20-10-13-30-18-20)27-16-21-17-29(12-11-28(2)3)25-7-5-4-6-22(21)25/h4-10,13,15,17-18,24,27H,11-12,14,16H2,1-3H3. The highest BCUT2D eigenvalue weighted by atomic mass is 32.1. The van der Waals surface area contributed by atoms with E-state index < -0.39 is 0 Å². The van der Waals surface area contributed by atoms with Crippen molar-refractivity contribution in [2.75, 3.05) is 20.6 Å². The van der Waals surface area contributed by atoms with Crippen molar-refractivity contribution >= 4 is 22.2 Å². The number of likely N-dealkylation sites (N-methyl/N-ethyl adjacent to an activating group) is 1. The Morgan fingerprint density at radius 2 is 2.00 bits per heavy atom. The Bertz CT molecular complexity index is 1060. The Hall–Kier alpha value is -2.47. The number of fused-ring (bicyclic) bond motifs is 1. The van der Waals surface area contributed by atoms with E-state index in [1.54, 1.807) is 11.3 Å². The third kappa shape index (κ3) is 4.98. The molecule has 0 aliphatic heterocycles. The molecule has 4 nitrogen and oxygen atoms in total. The van der Waals surface area contributed by atoms with Crippen LogP contribution in [0.1, 0.15) is 28.4 Å². The van der Waals surface area contributed by atoms with Gasteiger partial charge in [-0.25, -0.2) is 0 Å². The van der Waals surface area contributed by atoms with Crippen LogP contribution >= 0.6 is 11.3 Å². The fraction of sp³-hybridized carbons (Fsp3) is 0.320. The van der Waals surface area contributed by atoms with Gasteiger partial charge in [0.15, 0.2) is 0 Å². The lowest BCUT2D eigenvalue weighted by atomic mass is 10.0. The zero-order chi connectivity index (χ0) is 20.9. The first-order valence-corrected chi connectivity index (χ1v) is 11.4. The number of nitrogens with zero attached hydrogens (tertiary/aromatic N) is 3. The number of hydrogen-bond donors (Lipinski definition) is 1. The highest BCUT2D eigenvalue weighted by molar-refractivity contribution is 7.07. The van der Waals surface area contributed by atoms with E-state index in [1.807, 2.05) is 6.20 Å². The van der Waals surface area contributed by atoms with Crippen molar-refractivity contribution in [1.29, 1.82) is 0 Å². The number of aromatic nitrogens is 2. The van der Waals surface area contributed by atoms with Crippen LogP contribution in [0.5, 0.6) is 0 Å². The van der Waals surface area contributed by atoms with Gasteiger partial charge in [-0.15, -0.1) is 0 Å². The van der Waals surface area contributed by atoms with Crippen LogP contribution in [0, 0.1) is 6.92 Å². The van der Waals surface area contributed by atoms with E-state index in [2.05, 4.69) is 95.2 Å². The summed E-state index contributed by atoms with van der Waals surface area (Å²) in [4.78, 5) is 6.95. The summed E-state index contributed by atoms with van der Waals surface area (Å²) in [5.74, 6) is 0. The van der Waals surface area contributed by atoms with Gasteiger partial charge in [0.05, 0.1) is 11.7 Å². The molecule has 1 N–H and O–H groups in total. The number of benzene rings is 1. The molecule has 1 atom stereocenters. The first-order valence-electron chi connectivity index (χ1n) is 10.5. The number of hydrogen-bond acceptors (Lipinski definition) is 4. The van der Waals surface area contributed by atoms with Crippen LogP contribution in [0.4, 0.5) is 0 Å². The highest BCUT2D eigenvalue weighted by Crippen LogP contribution is 2.24. The molecule has 0 radical (unpaired) electrons. The van der Waals surface area contributed by atoms with Crippen LogP contribution in [0.15, 0.2) is 65.6 Å². The van der Waals surface area contributed by atoms with Gasteiger partial charge in [0.25, 0.3) is 0 Å². The van der Waals surface area contributed by atoms with E-state index in [0.717, 1.165) is 31.7 Å². The lowest BCUT2D eigenvalue weighted by Crippen LogP contribution is -2.23. The number of thiophene rings is 1. The molecular weight excluding hydrogens is 388 g/mol. The predicted molar refractivity (Wildman–Crippen MR) is 127 cm³/mol. The van der Waals surface area contributed by atoms with Crippen LogP contribution in [-0.4, -0.2) is 35.1 Å². The van der Waals surface area contributed by atoms with Crippen LogP contribution in [0.3, 0.4) is 0 Å². The van der Waals surface area contributed by atoms with Crippen molar-refractivity contribution in [3.8, 4) is 0 Å². The second-order valence-corrected chi connectivity index (χ2v) is 8.98. The first-order chi connectivity index (χ1) is 14.6. The summed E-state index contributed by atoms with van der Waals surface area (Å²) in [7, 11) is 4.25. The normalized spacial score (nSPS) is 12.7. The molecule has 0 bridgehead atoms. The average molecular weight is 419 g/mol. The van der Waals surface area contributed by atoms with Crippen LogP contribution < -0.4 is 5.32 Å². The Kier molecular flexibility index (Phi) is 6.62. The second kappa shape index (κ2) is 9.56. The predicted octanol–water partition coefficient (Wildman–Crippen LogP) is 5.04. The van der Waals surface area contributed by atoms with Gasteiger partial charge in [0.2, 0.25) is 0 Å². The lowest BCUT2D eigenvalue weighted by molar-refractivity contribution is 0.386. The van der Waals surface area contributed by atoms with Gasteiger partial charge in [-0.05, 0) is 73.1 Å². The molecule has 30 heavy (non-hydrogen) atoms. The molecule has 1 aromatic carbocycles. The Balaban J connectivity index is 1.57. The Morgan fingerprint density at radius 3 is 2.73 bits per heavy atom. The molecule has 3 heterocycles. The van der Waals surface area contributed by atoms with E-state index in [4.69, 9.17) is 4.98 Å². The van der Waals surface area contributed by atoms with Gasteiger partial charge < -0.3 is 14.8 Å². The van der Waals surface area contributed by atoms with E-state index >= 15 is 0 Å². The number of rotatable bonds is 9. The summed E-state index contributed by atoms with van der Waals surface area (Å²) < 4.78 is 2.38. The van der Waals surface area contributed by atoms with Gasteiger partial charge in [0.1, 0.15) is 0 Å². The summed E-state index contributed by atoms with van der Waals surface area (Å²) in [5.41, 5.74) is 6.29. The molecular formula is C25H30N4S. The largest absolute Gasteiger partial charge is 0.346 e.